The predicted molar refractivity (Wildman–Crippen MR) is 111 cm³/mol. The van der Waals surface area contributed by atoms with Gasteiger partial charge in [0.2, 0.25) is 5.91 Å². The maximum absolute atomic E-state index is 12.9. The van der Waals surface area contributed by atoms with E-state index in [4.69, 9.17) is 4.74 Å². The van der Waals surface area contributed by atoms with Gasteiger partial charge in [0.05, 0.1) is 5.56 Å². The van der Waals surface area contributed by atoms with Crippen molar-refractivity contribution in [2.45, 2.75) is 45.4 Å². The molecule has 0 aliphatic carbocycles. The number of nitrogens with zero attached hydrogens (tertiary/aromatic N) is 1. The summed E-state index contributed by atoms with van der Waals surface area (Å²) in [6.07, 6.45) is -2.65. The molecule has 166 valence electrons. The molecule has 1 heterocycles. The molecule has 1 aliphatic heterocycles. The Morgan fingerprint density at radius 3 is 2.48 bits per heavy atom. The fraction of sp³-hybridized carbons (Fsp3) is 0.391. The number of amides is 2. The molecular formula is C23H25F3N2O3. The maximum atomic E-state index is 12.9. The molecular weight excluding hydrogens is 409 g/mol. The van der Waals surface area contributed by atoms with Gasteiger partial charge in [-0.05, 0) is 36.8 Å². The van der Waals surface area contributed by atoms with Crippen LogP contribution in [-0.2, 0) is 11.0 Å². The number of likely N-dealkylation sites (tertiary alicyclic amines) is 1. The highest BCUT2D eigenvalue weighted by Gasteiger charge is 2.31. The van der Waals surface area contributed by atoms with Crippen LogP contribution in [0.15, 0.2) is 42.5 Å². The molecule has 0 spiro atoms. The lowest BCUT2D eigenvalue weighted by Gasteiger charge is -2.32. The minimum absolute atomic E-state index is 0.0472. The first-order valence-corrected chi connectivity index (χ1v) is 10.2. The fourth-order valence-electron chi connectivity index (χ4n) is 3.47. The summed E-state index contributed by atoms with van der Waals surface area (Å²) in [5, 5.41) is 2.63. The summed E-state index contributed by atoms with van der Waals surface area (Å²) in [7, 11) is 0. The third kappa shape index (κ3) is 5.77. The first kappa shape index (κ1) is 22.7. The molecule has 2 aromatic rings. The van der Waals surface area contributed by atoms with Crippen molar-refractivity contribution in [2.24, 2.45) is 0 Å². The molecule has 0 aromatic heterocycles. The van der Waals surface area contributed by atoms with Gasteiger partial charge in [-0.1, -0.05) is 19.1 Å². The van der Waals surface area contributed by atoms with Crippen LogP contribution < -0.4 is 10.1 Å². The summed E-state index contributed by atoms with van der Waals surface area (Å²) < 4.78 is 44.8. The number of hydrogen-bond acceptors (Lipinski definition) is 3. The Hall–Kier alpha value is -3.03. The van der Waals surface area contributed by atoms with Crippen LogP contribution in [0.2, 0.25) is 0 Å². The zero-order valence-electron chi connectivity index (χ0n) is 17.5. The topological polar surface area (TPSA) is 58.6 Å². The Morgan fingerprint density at radius 1 is 1.13 bits per heavy atom. The van der Waals surface area contributed by atoms with E-state index in [1.54, 1.807) is 18.2 Å². The van der Waals surface area contributed by atoms with E-state index < -0.39 is 17.6 Å². The van der Waals surface area contributed by atoms with Gasteiger partial charge in [0.15, 0.2) is 0 Å². The Labute approximate surface area is 179 Å². The number of alkyl halides is 3. The molecule has 0 bridgehead atoms. The molecule has 31 heavy (non-hydrogen) atoms. The van der Waals surface area contributed by atoms with Crippen molar-refractivity contribution in [2.75, 3.05) is 18.4 Å². The SMILES string of the molecule is CCC(=O)N1CCC(Oc2cc(NC(=O)c3cccc(C(F)(F)F)c3)ccc2C)CC1. The van der Waals surface area contributed by atoms with Crippen LogP contribution in [0.1, 0.15) is 47.7 Å². The molecule has 0 unspecified atom stereocenters. The van der Waals surface area contributed by atoms with Gasteiger partial charge in [0.1, 0.15) is 11.9 Å². The smallest absolute Gasteiger partial charge is 0.416 e. The van der Waals surface area contributed by atoms with Gasteiger partial charge < -0.3 is 15.0 Å². The van der Waals surface area contributed by atoms with E-state index in [0.29, 0.717) is 43.8 Å². The predicted octanol–water partition coefficient (Wildman–Crippen LogP) is 5.05. The van der Waals surface area contributed by atoms with Crippen LogP contribution in [0.3, 0.4) is 0 Å². The van der Waals surface area contributed by atoms with E-state index in [1.807, 2.05) is 18.7 Å². The van der Waals surface area contributed by atoms with Crippen molar-refractivity contribution in [3.63, 3.8) is 0 Å². The number of piperidine rings is 1. The highest BCUT2D eigenvalue weighted by molar-refractivity contribution is 6.04. The number of hydrogen-bond donors (Lipinski definition) is 1. The number of rotatable bonds is 5. The van der Waals surface area contributed by atoms with Gasteiger partial charge in [-0.3, -0.25) is 9.59 Å². The van der Waals surface area contributed by atoms with Crippen molar-refractivity contribution < 1.29 is 27.5 Å². The highest BCUT2D eigenvalue weighted by atomic mass is 19.4. The second-order valence-corrected chi connectivity index (χ2v) is 7.56. The summed E-state index contributed by atoms with van der Waals surface area (Å²) >= 11 is 0. The highest BCUT2D eigenvalue weighted by Crippen LogP contribution is 2.30. The quantitative estimate of drug-likeness (QED) is 0.717. The number of anilines is 1. The Kier molecular flexibility index (Phi) is 6.87. The largest absolute Gasteiger partial charge is 0.490 e. The van der Waals surface area contributed by atoms with Gasteiger partial charge in [-0.2, -0.15) is 13.2 Å². The van der Waals surface area contributed by atoms with Gasteiger partial charge >= 0.3 is 6.18 Å². The van der Waals surface area contributed by atoms with Crippen molar-refractivity contribution in [3.8, 4) is 5.75 Å². The first-order valence-electron chi connectivity index (χ1n) is 10.2. The average Bonchev–Trinajstić information content (AvgIpc) is 2.75. The number of nitrogens with one attached hydrogen (secondary N) is 1. The summed E-state index contributed by atoms with van der Waals surface area (Å²) in [6.45, 7) is 5.00. The Balaban J connectivity index is 1.66. The molecule has 0 atom stereocenters. The van der Waals surface area contributed by atoms with Crippen LogP contribution in [0.5, 0.6) is 5.75 Å². The lowest BCUT2D eigenvalue weighted by atomic mass is 10.1. The van der Waals surface area contributed by atoms with E-state index in [9.17, 15) is 22.8 Å². The third-order valence-electron chi connectivity index (χ3n) is 5.29. The molecule has 3 rings (SSSR count). The van der Waals surface area contributed by atoms with E-state index in [0.717, 1.165) is 17.7 Å². The van der Waals surface area contributed by atoms with E-state index in [2.05, 4.69) is 5.32 Å². The molecule has 0 saturated carbocycles. The summed E-state index contributed by atoms with van der Waals surface area (Å²) in [6, 6.07) is 9.42. The Morgan fingerprint density at radius 2 is 1.84 bits per heavy atom. The van der Waals surface area contributed by atoms with E-state index in [1.165, 1.54) is 12.1 Å². The normalized spacial score (nSPS) is 14.9. The zero-order chi connectivity index (χ0) is 22.6. The summed E-state index contributed by atoms with van der Waals surface area (Å²) in [4.78, 5) is 26.1. The second kappa shape index (κ2) is 9.41. The van der Waals surface area contributed by atoms with Crippen LogP contribution in [0, 0.1) is 6.92 Å². The molecule has 8 heteroatoms. The molecule has 0 radical (unpaired) electrons. The lowest BCUT2D eigenvalue weighted by Crippen LogP contribution is -2.41. The minimum Gasteiger partial charge on any atom is -0.490 e. The number of carbonyl (C=O) groups excluding carboxylic acids is 2. The number of carbonyl (C=O) groups is 2. The average molecular weight is 434 g/mol. The number of aryl methyl sites for hydroxylation is 1. The zero-order valence-corrected chi connectivity index (χ0v) is 17.5. The van der Waals surface area contributed by atoms with Crippen molar-refractivity contribution in [1.82, 2.24) is 4.90 Å². The minimum atomic E-state index is -4.52. The summed E-state index contributed by atoms with van der Waals surface area (Å²) in [5.41, 5.74) is 0.359. The molecule has 1 fully saturated rings. The third-order valence-corrected chi connectivity index (χ3v) is 5.29. The number of ether oxygens (including phenoxy) is 1. The summed E-state index contributed by atoms with van der Waals surface area (Å²) in [5.74, 6) is 0.100. The van der Waals surface area contributed by atoms with Gasteiger partial charge in [0, 0.05) is 49.7 Å². The molecule has 5 nitrogen and oxygen atoms in total. The van der Waals surface area contributed by atoms with Gasteiger partial charge in [-0.15, -0.1) is 0 Å². The molecule has 2 aromatic carbocycles. The second-order valence-electron chi connectivity index (χ2n) is 7.56. The number of halogens is 3. The van der Waals surface area contributed by atoms with Gasteiger partial charge in [-0.25, -0.2) is 0 Å². The van der Waals surface area contributed by atoms with E-state index in [-0.39, 0.29) is 17.6 Å². The van der Waals surface area contributed by atoms with Crippen molar-refractivity contribution in [3.05, 3.63) is 59.2 Å². The van der Waals surface area contributed by atoms with Crippen LogP contribution in [-0.4, -0.2) is 35.9 Å². The monoisotopic (exact) mass is 434 g/mol. The first-order chi connectivity index (χ1) is 14.7. The number of benzene rings is 2. The van der Waals surface area contributed by atoms with Crippen LogP contribution in [0.25, 0.3) is 0 Å². The fourth-order valence-corrected chi connectivity index (χ4v) is 3.47. The van der Waals surface area contributed by atoms with Crippen LogP contribution in [0.4, 0.5) is 18.9 Å². The molecule has 1 N–H and O–H groups in total. The van der Waals surface area contributed by atoms with E-state index >= 15 is 0 Å². The van der Waals surface area contributed by atoms with Crippen molar-refractivity contribution in [1.29, 1.82) is 0 Å². The van der Waals surface area contributed by atoms with Crippen molar-refractivity contribution >= 4 is 17.5 Å². The molecule has 1 aliphatic rings. The standard InChI is InChI=1S/C23H25F3N2O3/c1-3-21(29)28-11-9-19(10-12-28)31-20-14-18(8-7-15(20)2)27-22(30)16-5-4-6-17(13-16)23(24,25)26/h4-8,13-14,19H,3,9-12H2,1-2H3,(H,27,30). The molecule has 1 saturated heterocycles. The maximum Gasteiger partial charge on any atom is 0.416 e. The lowest BCUT2D eigenvalue weighted by molar-refractivity contribution is -0.137. The molecule has 2 amide bonds. The van der Waals surface area contributed by atoms with Gasteiger partial charge in [0.25, 0.3) is 5.91 Å². The Bertz CT molecular complexity index is 951. The van der Waals surface area contributed by atoms with Crippen LogP contribution >= 0.6 is 0 Å².